The fraction of sp³-hybridized carbons (Fsp3) is 0.462. The molecule has 8 heteroatoms. The first-order valence-corrected chi connectivity index (χ1v) is 8.10. The van der Waals surface area contributed by atoms with Gasteiger partial charge in [-0.15, -0.1) is 0 Å². The lowest BCUT2D eigenvalue weighted by Gasteiger charge is -2.20. The van der Waals surface area contributed by atoms with E-state index >= 15 is 0 Å². The molecule has 1 saturated heterocycles. The van der Waals surface area contributed by atoms with E-state index in [4.69, 9.17) is 0 Å². The molecule has 0 amide bonds. The maximum Gasteiger partial charge on any atom is 0.322 e. The molecular weight excluding hydrogens is 296 g/mol. The monoisotopic (exact) mass is 314 g/mol. The Morgan fingerprint density at radius 2 is 1.81 bits per heavy atom. The van der Waals surface area contributed by atoms with Crippen LogP contribution in [-0.2, 0) is 21.4 Å². The molecule has 0 radical (unpaired) electrons. The molecule has 0 bridgehead atoms. The van der Waals surface area contributed by atoms with Gasteiger partial charge >= 0.3 is 5.97 Å². The van der Waals surface area contributed by atoms with Crippen LogP contribution >= 0.6 is 0 Å². The third kappa shape index (κ3) is 4.16. The van der Waals surface area contributed by atoms with E-state index in [1.807, 2.05) is 0 Å². The number of phenols is 1. The van der Waals surface area contributed by atoms with Gasteiger partial charge < -0.3 is 10.2 Å². The number of phenolic OH excluding ortho intramolecular Hbond substituents is 1. The topological polar surface area (TPSA) is 107 Å². The van der Waals surface area contributed by atoms with Crippen molar-refractivity contribution in [3.8, 4) is 5.75 Å². The third-order valence-corrected chi connectivity index (χ3v) is 5.00. The first kappa shape index (κ1) is 15.7. The van der Waals surface area contributed by atoms with Crippen molar-refractivity contribution in [2.45, 2.75) is 25.3 Å². The summed E-state index contributed by atoms with van der Waals surface area (Å²) in [5.41, 5.74) is 0.629. The lowest BCUT2D eigenvalue weighted by Crippen LogP contribution is -2.48. The van der Waals surface area contributed by atoms with E-state index in [9.17, 15) is 23.4 Å². The minimum atomic E-state index is -3.78. The maximum atomic E-state index is 12.1. The van der Waals surface area contributed by atoms with Crippen LogP contribution in [0, 0.1) is 0 Å². The van der Waals surface area contributed by atoms with E-state index in [2.05, 4.69) is 4.72 Å². The zero-order valence-corrected chi connectivity index (χ0v) is 12.2. The van der Waals surface area contributed by atoms with Crippen LogP contribution < -0.4 is 4.72 Å². The molecule has 1 heterocycles. The lowest BCUT2D eigenvalue weighted by atomic mass is 10.1. The van der Waals surface area contributed by atoms with Gasteiger partial charge in [-0.2, -0.15) is 17.4 Å². The van der Waals surface area contributed by atoms with E-state index in [1.165, 1.54) is 16.4 Å². The van der Waals surface area contributed by atoms with Gasteiger partial charge in [-0.1, -0.05) is 12.1 Å². The molecule has 0 aliphatic carbocycles. The van der Waals surface area contributed by atoms with Crippen LogP contribution in [0.1, 0.15) is 18.4 Å². The number of benzene rings is 1. The largest absolute Gasteiger partial charge is 0.508 e. The molecule has 2 rings (SSSR count). The number of carboxylic acids is 1. The number of nitrogens with one attached hydrogen (secondary N) is 1. The fourth-order valence-corrected chi connectivity index (χ4v) is 3.66. The van der Waals surface area contributed by atoms with Gasteiger partial charge in [-0.25, -0.2) is 0 Å². The van der Waals surface area contributed by atoms with Gasteiger partial charge in [0.1, 0.15) is 11.8 Å². The predicted octanol–water partition coefficient (Wildman–Crippen LogP) is 0.318. The Morgan fingerprint density at radius 3 is 2.33 bits per heavy atom. The summed E-state index contributed by atoms with van der Waals surface area (Å²) in [5, 5.41) is 18.4. The van der Waals surface area contributed by atoms with Crippen LogP contribution in [0.25, 0.3) is 0 Å². The summed E-state index contributed by atoms with van der Waals surface area (Å²) in [6.45, 7) is 0.835. The molecule has 0 saturated carbocycles. The van der Waals surface area contributed by atoms with E-state index in [0.717, 1.165) is 12.8 Å². The van der Waals surface area contributed by atoms with Crippen molar-refractivity contribution in [1.29, 1.82) is 0 Å². The number of aromatic hydroxyl groups is 1. The molecule has 116 valence electrons. The smallest absolute Gasteiger partial charge is 0.322 e. The van der Waals surface area contributed by atoms with Gasteiger partial charge in [-0.3, -0.25) is 4.79 Å². The van der Waals surface area contributed by atoms with Gasteiger partial charge in [-0.05, 0) is 37.0 Å². The van der Waals surface area contributed by atoms with Gasteiger partial charge in [0.05, 0.1) is 0 Å². The standard InChI is InChI=1S/C13H18N2O5S/c16-11-5-3-10(4-6-11)9-12(13(17)18)14-21(19,20)15-7-1-2-8-15/h3-6,12,14,16H,1-2,7-9H2,(H,17,18)/t12-/m0/s1. The molecule has 21 heavy (non-hydrogen) atoms. The SMILES string of the molecule is O=C(O)[C@H](Cc1ccc(O)cc1)NS(=O)(=O)N1CCCC1. The second-order valence-electron chi connectivity index (χ2n) is 4.99. The Hall–Kier alpha value is -1.64. The second kappa shape index (κ2) is 6.42. The summed E-state index contributed by atoms with van der Waals surface area (Å²) in [6.07, 6.45) is 1.59. The molecule has 3 N–H and O–H groups in total. The highest BCUT2D eigenvalue weighted by atomic mass is 32.2. The lowest BCUT2D eigenvalue weighted by molar-refractivity contribution is -0.138. The molecule has 1 atom stereocenters. The van der Waals surface area contributed by atoms with E-state index in [1.54, 1.807) is 12.1 Å². The molecule has 0 aromatic heterocycles. The van der Waals surface area contributed by atoms with Crippen molar-refractivity contribution in [1.82, 2.24) is 9.03 Å². The van der Waals surface area contributed by atoms with Gasteiger partial charge in [0.2, 0.25) is 0 Å². The highest BCUT2D eigenvalue weighted by Gasteiger charge is 2.30. The number of aliphatic carboxylic acids is 1. The molecular formula is C13H18N2O5S. The number of hydrogen-bond acceptors (Lipinski definition) is 4. The molecule has 1 aromatic carbocycles. The minimum Gasteiger partial charge on any atom is -0.508 e. The number of carboxylic acid groups (broad SMARTS) is 1. The zero-order valence-electron chi connectivity index (χ0n) is 11.4. The molecule has 1 aromatic rings. The van der Waals surface area contributed by atoms with Crippen LogP contribution in [-0.4, -0.2) is 48.0 Å². The van der Waals surface area contributed by atoms with E-state index < -0.39 is 22.2 Å². The van der Waals surface area contributed by atoms with Gasteiger partial charge in [0.25, 0.3) is 10.2 Å². The average Bonchev–Trinajstić information content (AvgIpc) is 2.95. The van der Waals surface area contributed by atoms with Crippen LogP contribution in [0.15, 0.2) is 24.3 Å². The number of hydrogen-bond donors (Lipinski definition) is 3. The molecule has 1 fully saturated rings. The van der Waals surface area contributed by atoms with Gasteiger partial charge in [0, 0.05) is 13.1 Å². The van der Waals surface area contributed by atoms with Crippen LogP contribution in [0.3, 0.4) is 0 Å². The summed E-state index contributed by atoms with van der Waals surface area (Å²) in [7, 11) is -3.78. The van der Waals surface area contributed by atoms with Crippen molar-refractivity contribution in [2.24, 2.45) is 0 Å². The third-order valence-electron chi connectivity index (χ3n) is 3.37. The van der Waals surface area contributed by atoms with Crippen LogP contribution in [0.2, 0.25) is 0 Å². The van der Waals surface area contributed by atoms with Crippen LogP contribution in [0.4, 0.5) is 0 Å². The van der Waals surface area contributed by atoms with E-state index in [0.29, 0.717) is 18.7 Å². The molecule has 1 aliphatic heterocycles. The fourth-order valence-electron chi connectivity index (χ4n) is 2.23. The summed E-state index contributed by atoms with van der Waals surface area (Å²) < 4.78 is 27.7. The Balaban J connectivity index is 2.08. The van der Waals surface area contributed by atoms with E-state index in [-0.39, 0.29) is 12.2 Å². The Kier molecular flexibility index (Phi) is 4.81. The summed E-state index contributed by atoms with van der Waals surface area (Å²) in [6, 6.07) is 4.76. The summed E-state index contributed by atoms with van der Waals surface area (Å²) in [4.78, 5) is 11.3. The summed E-state index contributed by atoms with van der Waals surface area (Å²) in [5.74, 6) is -1.16. The van der Waals surface area contributed by atoms with Crippen molar-refractivity contribution in [3.05, 3.63) is 29.8 Å². The molecule has 7 nitrogen and oxygen atoms in total. The Labute approximate surface area is 123 Å². The van der Waals surface area contributed by atoms with Crippen molar-refractivity contribution in [2.75, 3.05) is 13.1 Å². The highest BCUT2D eigenvalue weighted by Crippen LogP contribution is 2.14. The zero-order chi connectivity index (χ0) is 15.5. The quantitative estimate of drug-likeness (QED) is 0.701. The second-order valence-corrected chi connectivity index (χ2v) is 6.69. The number of carbonyl (C=O) groups is 1. The van der Waals surface area contributed by atoms with Crippen molar-refractivity contribution < 1.29 is 23.4 Å². The first-order valence-electron chi connectivity index (χ1n) is 6.66. The normalized spacial score (nSPS) is 17.7. The maximum absolute atomic E-state index is 12.1. The average molecular weight is 314 g/mol. The van der Waals surface area contributed by atoms with Crippen molar-refractivity contribution >= 4 is 16.2 Å². The molecule has 0 spiro atoms. The minimum absolute atomic E-state index is 0.0166. The molecule has 0 unspecified atom stereocenters. The van der Waals surface area contributed by atoms with Crippen LogP contribution in [0.5, 0.6) is 5.75 Å². The Bertz CT molecular complexity index is 593. The molecule has 1 aliphatic rings. The summed E-state index contributed by atoms with van der Waals surface area (Å²) >= 11 is 0. The first-order chi connectivity index (χ1) is 9.88. The predicted molar refractivity (Wildman–Crippen MR) is 76.1 cm³/mol. The number of nitrogens with zero attached hydrogens (tertiary/aromatic N) is 1. The highest BCUT2D eigenvalue weighted by molar-refractivity contribution is 7.87. The number of rotatable bonds is 6. The van der Waals surface area contributed by atoms with Crippen molar-refractivity contribution in [3.63, 3.8) is 0 Å². The van der Waals surface area contributed by atoms with Gasteiger partial charge in [0.15, 0.2) is 0 Å². The Morgan fingerprint density at radius 1 is 1.24 bits per heavy atom.